The number of hydrogen-bond acceptors (Lipinski definition) is 3. The van der Waals surface area contributed by atoms with E-state index in [2.05, 4.69) is 4.98 Å². The topological polar surface area (TPSA) is 70.5 Å². The first-order valence-corrected chi connectivity index (χ1v) is 6.66. The molecule has 0 aliphatic carbocycles. The third-order valence-corrected chi connectivity index (χ3v) is 3.79. The van der Waals surface area contributed by atoms with Gasteiger partial charge in [-0.1, -0.05) is 6.07 Å². The first kappa shape index (κ1) is 14.4. The number of carboxylic acids is 1. The van der Waals surface area contributed by atoms with Crippen LogP contribution in [0.2, 0.25) is 0 Å². The zero-order chi connectivity index (χ0) is 15.9. The van der Waals surface area contributed by atoms with Gasteiger partial charge in [0.05, 0.1) is 17.6 Å². The lowest BCUT2D eigenvalue weighted by molar-refractivity contribution is -0.149. The minimum absolute atomic E-state index is 0.00485. The van der Waals surface area contributed by atoms with Crippen LogP contribution in [0.25, 0.3) is 10.9 Å². The summed E-state index contributed by atoms with van der Waals surface area (Å²) < 4.78 is 27.7. The summed E-state index contributed by atoms with van der Waals surface area (Å²) in [5.41, 5.74) is -2.14. The highest BCUT2D eigenvalue weighted by Gasteiger charge is 2.47. The summed E-state index contributed by atoms with van der Waals surface area (Å²) in [6.45, 7) is -0.585. The molecule has 0 saturated carbocycles. The number of pyridine rings is 1. The van der Waals surface area contributed by atoms with Crippen LogP contribution in [0, 0.1) is 5.82 Å². The molecule has 1 aliphatic heterocycles. The van der Waals surface area contributed by atoms with E-state index >= 15 is 0 Å². The Hall–Kier alpha value is -2.57. The van der Waals surface area contributed by atoms with Gasteiger partial charge < -0.3 is 10.0 Å². The number of aliphatic carboxylic acids is 1. The molecule has 1 aromatic carbocycles. The fourth-order valence-electron chi connectivity index (χ4n) is 2.61. The van der Waals surface area contributed by atoms with Gasteiger partial charge in [-0.2, -0.15) is 0 Å². The van der Waals surface area contributed by atoms with Gasteiger partial charge in [0.1, 0.15) is 5.82 Å². The van der Waals surface area contributed by atoms with E-state index in [1.807, 2.05) is 0 Å². The van der Waals surface area contributed by atoms with Crippen LogP contribution in [0.15, 0.2) is 30.5 Å². The number of alkyl halides is 1. The Balaban J connectivity index is 1.99. The van der Waals surface area contributed by atoms with Gasteiger partial charge in [-0.25, -0.2) is 13.6 Å². The standard InChI is InChI=1S/C15H12F2N2O3/c16-10-6-9-2-1-4-18-12(9)11(7-10)13(20)19-5-3-15(17,8-19)14(21)22/h1-2,4,6-7H,3,5,8H2,(H,21,22). The van der Waals surface area contributed by atoms with Crippen molar-refractivity contribution >= 4 is 22.8 Å². The van der Waals surface area contributed by atoms with E-state index in [9.17, 15) is 18.4 Å². The minimum atomic E-state index is -2.45. The minimum Gasteiger partial charge on any atom is -0.479 e. The van der Waals surface area contributed by atoms with E-state index in [-0.39, 0.29) is 18.5 Å². The lowest BCUT2D eigenvalue weighted by atomic mass is 10.1. The maximum atomic E-state index is 14.1. The fourth-order valence-corrected chi connectivity index (χ4v) is 2.61. The molecule has 114 valence electrons. The predicted octanol–water partition coefficient (Wildman–Crippen LogP) is 2.01. The number of halogens is 2. The molecule has 0 spiro atoms. The van der Waals surface area contributed by atoms with E-state index in [0.29, 0.717) is 10.9 Å². The molecule has 22 heavy (non-hydrogen) atoms. The van der Waals surface area contributed by atoms with Gasteiger partial charge in [0.2, 0.25) is 5.67 Å². The fraction of sp³-hybridized carbons (Fsp3) is 0.267. The summed E-state index contributed by atoms with van der Waals surface area (Å²) >= 11 is 0. The molecule has 2 aromatic rings. The second-order valence-corrected chi connectivity index (χ2v) is 5.28. The van der Waals surface area contributed by atoms with Crippen molar-refractivity contribution in [1.82, 2.24) is 9.88 Å². The molecule has 1 unspecified atom stereocenters. The molecule has 0 bridgehead atoms. The van der Waals surface area contributed by atoms with E-state index in [1.54, 1.807) is 12.1 Å². The Kier molecular flexibility index (Phi) is 3.27. The number of carbonyl (C=O) groups is 2. The molecule has 1 saturated heterocycles. The molecule has 7 heteroatoms. The van der Waals surface area contributed by atoms with Crippen LogP contribution in [0.3, 0.4) is 0 Å². The molecule has 0 radical (unpaired) electrons. The number of fused-ring (bicyclic) bond motifs is 1. The van der Waals surface area contributed by atoms with Crippen molar-refractivity contribution in [2.75, 3.05) is 13.1 Å². The number of likely N-dealkylation sites (tertiary alicyclic amines) is 1. The maximum absolute atomic E-state index is 14.1. The first-order chi connectivity index (χ1) is 10.4. The number of aromatic nitrogens is 1. The van der Waals surface area contributed by atoms with Crippen molar-refractivity contribution < 1.29 is 23.5 Å². The Labute approximate surface area is 124 Å². The molecular weight excluding hydrogens is 294 g/mol. The number of amides is 1. The number of hydrogen-bond donors (Lipinski definition) is 1. The van der Waals surface area contributed by atoms with Gasteiger partial charge >= 0.3 is 5.97 Å². The molecule has 1 amide bonds. The van der Waals surface area contributed by atoms with Gasteiger partial charge in [0.25, 0.3) is 5.91 Å². The molecule has 2 heterocycles. The van der Waals surface area contributed by atoms with Gasteiger partial charge in [0.15, 0.2) is 0 Å². The highest BCUT2D eigenvalue weighted by atomic mass is 19.1. The van der Waals surface area contributed by atoms with Crippen molar-refractivity contribution in [3.05, 3.63) is 41.8 Å². The van der Waals surface area contributed by atoms with Crippen LogP contribution in [0.1, 0.15) is 16.8 Å². The normalized spacial score (nSPS) is 21.3. The zero-order valence-electron chi connectivity index (χ0n) is 11.4. The number of nitrogens with zero attached hydrogens (tertiary/aromatic N) is 2. The third kappa shape index (κ3) is 2.28. The smallest absolute Gasteiger partial charge is 0.343 e. The van der Waals surface area contributed by atoms with Crippen molar-refractivity contribution in [2.45, 2.75) is 12.1 Å². The SMILES string of the molecule is O=C(c1cc(F)cc2cccnc12)N1CCC(F)(C(=O)O)C1. The summed E-state index contributed by atoms with van der Waals surface area (Å²) in [5, 5.41) is 9.33. The zero-order valence-corrected chi connectivity index (χ0v) is 11.4. The van der Waals surface area contributed by atoms with Crippen LogP contribution in [0.5, 0.6) is 0 Å². The average Bonchev–Trinajstić information content (AvgIpc) is 2.89. The van der Waals surface area contributed by atoms with Crippen molar-refractivity contribution in [2.24, 2.45) is 0 Å². The monoisotopic (exact) mass is 306 g/mol. The van der Waals surface area contributed by atoms with E-state index in [1.165, 1.54) is 12.3 Å². The second-order valence-electron chi connectivity index (χ2n) is 5.28. The lowest BCUT2D eigenvalue weighted by Gasteiger charge is -2.18. The summed E-state index contributed by atoms with van der Waals surface area (Å²) in [4.78, 5) is 28.5. The molecule has 5 nitrogen and oxygen atoms in total. The van der Waals surface area contributed by atoms with Gasteiger partial charge in [-0.15, -0.1) is 0 Å². The Morgan fingerprint density at radius 2 is 2.14 bits per heavy atom. The molecule has 1 aromatic heterocycles. The molecule has 1 N–H and O–H groups in total. The highest BCUT2D eigenvalue weighted by molar-refractivity contribution is 6.05. The average molecular weight is 306 g/mol. The molecule has 1 aliphatic rings. The second kappa shape index (κ2) is 5.01. The van der Waals surface area contributed by atoms with Crippen LogP contribution >= 0.6 is 0 Å². The lowest BCUT2D eigenvalue weighted by Crippen LogP contribution is -2.39. The Morgan fingerprint density at radius 3 is 2.82 bits per heavy atom. The van der Waals surface area contributed by atoms with E-state index in [0.717, 1.165) is 11.0 Å². The van der Waals surface area contributed by atoms with Gasteiger partial charge in [-0.3, -0.25) is 9.78 Å². The van der Waals surface area contributed by atoms with E-state index in [4.69, 9.17) is 5.11 Å². The van der Waals surface area contributed by atoms with Crippen LogP contribution in [-0.4, -0.2) is 45.6 Å². The van der Waals surface area contributed by atoms with Crippen molar-refractivity contribution in [1.29, 1.82) is 0 Å². The third-order valence-electron chi connectivity index (χ3n) is 3.79. The predicted molar refractivity (Wildman–Crippen MR) is 73.7 cm³/mol. The maximum Gasteiger partial charge on any atom is 0.343 e. The van der Waals surface area contributed by atoms with Crippen LogP contribution in [-0.2, 0) is 4.79 Å². The first-order valence-electron chi connectivity index (χ1n) is 6.66. The molecule has 3 rings (SSSR count). The number of carbonyl (C=O) groups excluding carboxylic acids is 1. The van der Waals surface area contributed by atoms with E-state index < -0.39 is 29.9 Å². The summed E-state index contributed by atoms with van der Waals surface area (Å²) in [5.74, 6) is -2.82. The van der Waals surface area contributed by atoms with Gasteiger partial charge in [-0.05, 0) is 18.2 Å². The summed E-state index contributed by atoms with van der Waals surface area (Å²) in [7, 11) is 0. The van der Waals surface area contributed by atoms with Crippen molar-refractivity contribution in [3.63, 3.8) is 0 Å². The Bertz CT molecular complexity index is 780. The largest absolute Gasteiger partial charge is 0.479 e. The summed E-state index contributed by atoms with van der Waals surface area (Å²) in [6, 6.07) is 5.52. The Morgan fingerprint density at radius 1 is 1.36 bits per heavy atom. The molecule has 1 fully saturated rings. The quantitative estimate of drug-likeness (QED) is 0.921. The number of benzene rings is 1. The molecular formula is C15H12F2N2O3. The van der Waals surface area contributed by atoms with Crippen molar-refractivity contribution in [3.8, 4) is 0 Å². The van der Waals surface area contributed by atoms with Gasteiger partial charge in [0, 0.05) is 24.5 Å². The molecule has 1 atom stereocenters. The number of carboxylic acid groups (broad SMARTS) is 1. The highest BCUT2D eigenvalue weighted by Crippen LogP contribution is 2.28. The summed E-state index contributed by atoms with van der Waals surface area (Å²) in [6.07, 6.45) is 1.19. The number of rotatable bonds is 2. The van der Waals surface area contributed by atoms with Crippen LogP contribution < -0.4 is 0 Å². The van der Waals surface area contributed by atoms with Crippen LogP contribution in [0.4, 0.5) is 8.78 Å².